The van der Waals surface area contributed by atoms with Crippen LogP contribution in [0.25, 0.3) is 0 Å². The Morgan fingerprint density at radius 2 is 1.73 bits per heavy atom. The molecule has 2 aromatic rings. The van der Waals surface area contributed by atoms with Gasteiger partial charge in [0.25, 0.3) is 10.0 Å². The van der Waals surface area contributed by atoms with Crippen LogP contribution in [0, 0.1) is 25.7 Å². The minimum atomic E-state index is -3.90. The summed E-state index contributed by atoms with van der Waals surface area (Å²) in [4.78, 5) is 24.2. The van der Waals surface area contributed by atoms with E-state index in [2.05, 4.69) is 15.2 Å². The molecule has 10 nitrogen and oxygen atoms in total. The van der Waals surface area contributed by atoms with Crippen molar-refractivity contribution < 1.29 is 32.4 Å². The Balaban J connectivity index is 1.46. The van der Waals surface area contributed by atoms with E-state index in [0.717, 1.165) is 0 Å². The van der Waals surface area contributed by atoms with Crippen molar-refractivity contribution in [2.75, 3.05) is 10.0 Å². The molecule has 160 valence electrons. The SMILES string of the molecule is Cc1noc(NS(=O)(=O)c2ccc(NC(=O)[C@@H]3[C@@H](C(=O)O)[C@H]4CC[C@@H]3O4)cc2)c1C. The molecule has 30 heavy (non-hydrogen) atoms. The molecule has 0 spiro atoms. The molecule has 3 N–H and O–H groups in total. The van der Waals surface area contributed by atoms with Gasteiger partial charge in [0.2, 0.25) is 11.8 Å². The number of hydrogen-bond acceptors (Lipinski definition) is 7. The lowest BCUT2D eigenvalue weighted by Crippen LogP contribution is -2.40. The van der Waals surface area contributed by atoms with Crippen molar-refractivity contribution in [3.8, 4) is 0 Å². The highest BCUT2D eigenvalue weighted by Gasteiger charge is 2.55. The molecule has 1 aromatic heterocycles. The van der Waals surface area contributed by atoms with Gasteiger partial charge in [-0.05, 0) is 51.0 Å². The van der Waals surface area contributed by atoms with Crippen molar-refractivity contribution in [1.82, 2.24) is 5.16 Å². The summed E-state index contributed by atoms with van der Waals surface area (Å²) in [6.07, 6.45) is 0.434. The number of fused-ring (bicyclic) bond motifs is 2. The number of benzene rings is 1. The maximum atomic E-state index is 12.7. The van der Waals surface area contributed by atoms with Crippen molar-refractivity contribution in [3.63, 3.8) is 0 Å². The average molecular weight is 435 g/mol. The quantitative estimate of drug-likeness (QED) is 0.623. The first-order valence-corrected chi connectivity index (χ1v) is 10.9. The Morgan fingerprint density at radius 3 is 2.30 bits per heavy atom. The zero-order valence-corrected chi connectivity index (χ0v) is 17.1. The summed E-state index contributed by atoms with van der Waals surface area (Å²) in [6, 6.07) is 5.55. The Labute approximate surface area is 172 Å². The molecule has 1 aromatic carbocycles. The standard InChI is InChI=1S/C19H21N3O7S/c1-9-10(2)21-29-18(9)22-30(26,27)12-5-3-11(4-6-12)20-17(23)15-13-7-8-14(28-13)16(15)19(24)25/h3-6,13-16,22H,7-8H2,1-2H3,(H,20,23)(H,24,25)/t13-,14+,15-,16-/m0/s1. The zero-order chi connectivity index (χ0) is 21.6. The molecule has 0 saturated carbocycles. The number of nitrogens with zero attached hydrogens (tertiary/aromatic N) is 1. The van der Waals surface area contributed by atoms with Crippen LogP contribution in [-0.4, -0.2) is 42.8 Å². The minimum absolute atomic E-state index is 0.0272. The number of rotatable bonds is 6. The number of aliphatic carboxylic acids is 1. The number of aryl methyl sites for hydroxylation is 1. The fourth-order valence-corrected chi connectivity index (χ4v) is 5.01. The molecular weight excluding hydrogens is 414 g/mol. The van der Waals surface area contributed by atoms with Crippen molar-refractivity contribution in [2.45, 2.75) is 43.8 Å². The molecule has 1 amide bonds. The molecule has 2 aliphatic rings. The van der Waals surface area contributed by atoms with Crippen LogP contribution in [0.15, 0.2) is 33.7 Å². The number of anilines is 2. The maximum absolute atomic E-state index is 12.7. The van der Waals surface area contributed by atoms with Crippen molar-refractivity contribution in [1.29, 1.82) is 0 Å². The molecule has 11 heteroatoms. The predicted molar refractivity (Wildman–Crippen MR) is 104 cm³/mol. The van der Waals surface area contributed by atoms with E-state index in [1.165, 1.54) is 24.3 Å². The highest BCUT2D eigenvalue weighted by Crippen LogP contribution is 2.44. The summed E-state index contributed by atoms with van der Waals surface area (Å²) >= 11 is 0. The third-order valence-corrected chi connectivity index (χ3v) is 7.02. The van der Waals surface area contributed by atoms with E-state index in [1.54, 1.807) is 13.8 Å². The topological polar surface area (TPSA) is 148 Å². The molecule has 2 bridgehead atoms. The van der Waals surface area contributed by atoms with Crippen LogP contribution in [0.3, 0.4) is 0 Å². The molecule has 0 unspecified atom stereocenters. The van der Waals surface area contributed by atoms with Crippen LogP contribution < -0.4 is 10.0 Å². The lowest BCUT2D eigenvalue weighted by molar-refractivity contribution is -0.147. The number of carbonyl (C=O) groups is 2. The Hall–Kier alpha value is -2.92. The highest BCUT2D eigenvalue weighted by molar-refractivity contribution is 7.92. The van der Waals surface area contributed by atoms with Gasteiger partial charge in [0.05, 0.1) is 34.6 Å². The number of carbonyl (C=O) groups excluding carboxylic acids is 1. The van der Waals surface area contributed by atoms with Crippen LogP contribution in [0.2, 0.25) is 0 Å². The largest absolute Gasteiger partial charge is 0.481 e. The molecule has 2 fully saturated rings. The molecule has 4 rings (SSSR count). The molecule has 0 radical (unpaired) electrons. The smallest absolute Gasteiger partial charge is 0.310 e. The third-order valence-electron chi connectivity index (χ3n) is 5.68. The third kappa shape index (κ3) is 3.54. The number of nitrogens with one attached hydrogen (secondary N) is 2. The Bertz CT molecular complexity index is 1090. The van der Waals surface area contributed by atoms with E-state index < -0.39 is 45.9 Å². The lowest BCUT2D eigenvalue weighted by Gasteiger charge is -2.23. The lowest BCUT2D eigenvalue weighted by atomic mass is 9.78. The summed E-state index contributed by atoms with van der Waals surface area (Å²) in [6.45, 7) is 3.39. The summed E-state index contributed by atoms with van der Waals surface area (Å²) in [5, 5.41) is 15.8. The first-order chi connectivity index (χ1) is 14.2. The first-order valence-electron chi connectivity index (χ1n) is 9.42. The van der Waals surface area contributed by atoms with Crippen LogP contribution in [0.4, 0.5) is 11.6 Å². The minimum Gasteiger partial charge on any atom is -0.481 e. The van der Waals surface area contributed by atoms with Gasteiger partial charge in [0.15, 0.2) is 0 Å². The van der Waals surface area contributed by atoms with E-state index in [9.17, 15) is 23.1 Å². The number of ether oxygens (including phenoxy) is 1. The van der Waals surface area contributed by atoms with Gasteiger partial charge in [-0.1, -0.05) is 5.16 Å². The van der Waals surface area contributed by atoms with E-state index >= 15 is 0 Å². The number of aromatic nitrogens is 1. The normalized spacial score (nSPS) is 25.3. The van der Waals surface area contributed by atoms with E-state index in [1.807, 2.05) is 0 Å². The second-order valence-corrected chi connectivity index (χ2v) is 9.20. The molecule has 3 heterocycles. The van der Waals surface area contributed by atoms with Gasteiger partial charge < -0.3 is 19.7 Å². The van der Waals surface area contributed by atoms with E-state index in [-0.39, 0.29) is 10.8 Å². The summed E-state index contributed by atoms with van der Waals surface area (Å²) < 4.78 is 38.0. The second kappa shape index (κ2) is 7.40. The fourth-order valence-electron chi connectivity index (χ4n) is 3.96. The number of hydrogen-bond donors (Lipinski definition) is 3. The Kier molecular flexibility index (Phi) is 5.02. The van der Waals surface area contributed by atoms with Crippen LogP contribution in [0.5, 0.6) is 0 Å². The number of carboxylic acids is 1. The highest BCUT2D eigenvalue weighted by atomic mass is 32.2. The average Bonchev–Trinajstić information content (AvgIpc) is 3.39. The molecule has 0 aliphatic carbocycles. The van der Waals surface area contributed by atoms with Crippen molar-refractivity contribution in [3.05, 3.63) is 35.5 Å². The van der Waals surface area contributed by atoms with Gasteiger partial charge in [-0.15, -0.1) is 0 Å². The number of amides is 1. The van der Waals surface area contributed by atoms with Crippen LogP contribution >= 0.6 is 0 Å². The van der Waals surface area contributed by atoms with Gasteiger partial charge in [0.1, 0.15) is 0 Å². The number of sulfonamides is 1. The predicted octanol–water partition coefficient (Wildman–Crippen LogP) is 1.91. The van der Waals surface area contributed by atoms with E-state index in [0.29, 0.717) is 29.8 Å². The van der Waals surface area contributed by atoms with Gasteiger partial charge in [-0.2, -0.15) is 0 Å². The van der Waals surface area contributed by atoms with Crippen LogP contribution in [0.1, 0.15) is 24.1 Å². The Morgan fingerprint density at radius 1 is 1.10 bits per heavy atom. The summed E-state index contributed by atoms with van der Waals surface area (Å²) in [5.41, 5.74) is 1.52. The fraction of sp³-hybridized carbons (Fsp3) is 0.421. The maximum Gasteiger partial charge on any atom is 0.310 e. The van der Waals surface area contributed by atoms with E-state index in [4.69, 9.17) is 9.26 Å². The van der Waals surface area contributed by atoms with Gasteiger partial charge >= 0.3 is 5.97 Å². The first kappa shape index (κ1) is 20.4. The van der Waals surface area contributed by atoms with Gasteiger partial charge in [-0.3, -0.25) is 9.59 Å². The zero-order valence-electron chi connectivity index (χ0n) is 16.3. The molecular formula is C19H21N3O7S. The van der Waals surface area contributed by atoms with Gasteiger partial charge in [0, 0.05) is 11.3 Å². The van der Waals surface area contributed by atoms with Crippen molar-refractivity contribution in [2.24, 2.45) is 11.8 Å². The monoisotopic (exact) mass is 435 g/mol. The second-order valence-electron chi connectivity index (χ2n) is 7.52. The van der Waals surface area contributed by atoms with Crippen molar-refractivity contribution >= 4 is 33.5 Å². The number of carboxylic acid groups (broad SMARTS) is 1. The molecule has 2 aliphatic heterocycles. The van der Waals surface area contributed by atoms with Crippen LogP contribution in [-0.2, 0) is 24.3 Å². The molecule has 4 atom stereocenters. The summed E-state index contributed by atoms with van der Waals surface area (Å²) in [5.74, 6) is -3.10. The van der Waals surface area contributed by atoms with Gasteiger partial charge in [-0.25, -0.2) is 13.1 Å². The molecule has 2 saturated heterocycles. The summed E-state index contributed by atoms with van der Waals surface area (Å²) in [7, 11) is -3.90.